The SMILES string of the molecule is C[C@]12C=CC(=O)N[C@@H]1CC[C@@H]1[C@@H]2CC[C@]2(C)[C@@H](C(=O)On3nnc4ccccc43)CC[C@@H]12. The summed E-state index contributed by atoms with van der Waals surface area (Å²) in [4.78, 5) is 32.3. The molecule has 4 aliphatic rings. The Hall–Kier alpha value is -2.70. The van der Waals surface area contributed by atoms with Crippen molar-refractivity contribution in [1.82, 2.24) is 20.5 Å². The van der Waals surface area contributed by atoms with Gasteiger partial charge in [-0.15, -0.1) is 5.10 Å². The van der Waals surface area contributed by atoms with Gasteiger partial charge in [-0.1, -0.05) is 36.9 Å². The van der Waals surface area contributed by atoms with Gasteiger partial charge in [0, 0.05) is 11.5 Å². The molecule has 0 unspecified atom stereocenters. The van der Waals surface area contributed by atoms with Crippen molar-refractivity contribution in [2.45, 2.75) is 58.4 Å². The maximum absolute atomic E-state index is 13.3. The van der Waals surface area contributed by atoms with Crippen molar-refractivity contribution in [1.29, 1.82) is 0 Å². The average Bonchev–Trinajstić information content (AvgIpc) is 3.35. The van der Waals surface area contributed by atoms with E-state index in [0.29, 0.717) is 28.8 Å². The van der Waals surface area contributed by atoms with Crippen LogP contribution in [0.2, 0.25) is 0 Å². The highest BCUT2D eigenvalue weighted by Gasteiger charge is 2.61. The monoisotopic (exact) mass is 434 g/mol. The van der Waals surface area contributed by atoms with Crippen molar-refractivity contribution in [3.05, 3.63) is 36.4 Å². The summed E-state index contributed by atoms with van der Waals surface area (Å²) in [5.74, 6) is 1.37. The smallest absolute Gasteiger partial charge is 0.338 e. The second-order valence-corrected chi connectivity index (χ2v) is 10.8. The lowest BCUT2D eigenvalue weighted by atomic mass is 9.48. The van der Waals surface area contributed by atoms with E-state index >= 15 is 0 Å². The normalized spacial score (nSPS) is 40.3. The number of fused-ring (bicyclic) bond motifs is 6. The molecule has 7 nitrogen and oxygen atoms in total. The molecule has 7 heteroatoms. The summed E-state index contributed by atoms with van der Waals surface area (Å²) in [7, 11) is 0. The standard InChI is InChI=1S/C25H30N4O3/c1-24-13-11-17-15(7-10-21-25(17,2)14-12-22(30)26-21)16(24)8-9-18(24)23(31)32-29-20-6-4-3-5-19(20)27-28-29/h3-6,12,14-18,21H,7-11,13H2,1-2H3,(H,26,30)/t15-,16-,17-,18+,21+,24-,25+/m0/s1. The van der Waals surface area contributed by atoms with Crippen LogP contribution in [0.5, 0.6) is 0 Å². The van der Waals surface area contributed by atoms with Gasteiger partial charge in [0.15, 0.2) is 0 Å². The molecule has 1 aliphatic heterocycles. The number of amides is 1. The third kappa shape index (κ3) is 2.72. The maximum atomic E-state index is 13.3. The fourth-order valence-corrected chi connectivity index (χ4v) is 7.78. The van der Waals surface area contributed by atoms with Crippen LogP contribution in [-0.2, 0) is 9.59 Å². The van der Waals surface area contributed by atoms with Crippen molar-refractivity contribution >= 4 is 22.9 Å². The molecule has 1 aromatic carbocycles. The lowest BCUT2D eigenvalue weighted by Crippen LogP contribution is -2.59. The largest absolute Gasteiger partial charge is 0.349 e. The molecular weight excluding hydrogens is 404 g/mol. The molecule has 3 fully saturated rings. The number of nitrogens with one attached hydrogen (secondary N) is 1. The molecule has 1 aromatic heterocycles. The fourth-order valence-electron chi connectivity index (χ4n) is 7.78. The van der Waals surface area contributed by atoms with E-state index in [-0.39, 0.29) is 34.7 Å². The van der Waals surface area contributed by atoms with Crippen LogP contribution in [0.4, 0.5) is 0 Å². The van der Waals surface area contributed by atoms with Crippen molar-refractivity contribution in [2.75, 3.05) is 0 Å². The van der Waals surface area contributed by atoms with Crippen LogP contribution in [0.15, 0.2) is 36.4 Å². The first-order chi connectivity index (χ1) is 15.4. The van der Waals surface area contributed by atoms with Gasteiger partial charge in [-0.05, 0) is 85.1 Å². The van der Waals surface area contributed by atoms with E-state index in [4.69, 9.17) is 4.84 Å². The summed E-state index contributed by atoms with van der Waals surface area (Å²) in [6.07, 6.45) is 10.1. The van der Waals surface area contributed by atoms with E-state index in [0.717, 1.165) is 38.5 Å². The Kier molecular flexibility index (Phi) is 4.30. The van der Waals surface area contributed by atoms with E-state index in [2.05, 4.69) is 35.6 Å². The topological polar surface area (TPSA) is 86.1 Å². The van der Waals surface area contributed by atoms with Gasteiger partial charge >= 0.3 is 5.97 Å². The van der Waals surface area contributed by atoms with Gasteiger partial charge in [0.05, 0.1) is 5.92 Å². The first-order valence-electron chi connectivity index (χ1n) is 11.9. The summed E-state index contributed by atoms with van der Waals surface area (Å²) in [5.41, 5.74) is 1.38. The third-order valence-electron chi connectivity index (χ3n) is 9.47. The molecular formula is C25H30N4O3. The summed E-state index contributed by atoms with van der Waals surface area (Å²) in [5, 5.41) is 11.4. The minimum absolute atomic E-state index is 0.0103. The molecule has 7 atom stereocenters. The van der Waals surface area contributed by atoms with Gasteiger partial charge in [0.2, 0.25) is 5.91 Å². The van der Waals surface area contributed by atoms with Crippen LogP contribution in [-0.4, -0.2) is 33.1 Å². The van der Waals surface area contributed by atoms with Gasteiger partial charge in [-0.2, -0.15) is 0 Å². The molecule has 3 saturated carbocycles. The number of aromatic nitrogens is 3. The van der Waals surface area contributed by atoms with Gasteiger partial charge in [0.1, 0.15) is 11.0 Å². The lowest BCUT2D eigenvalue weighted by Gasteiger charge is -2.58. The quantitative estimate of drug-likeness (QED) is 0.733. The van der Waals surface area contributed by atoms with Gasteiger partial charge in [-0.3, -0.25) is 4.79 Å². The molecule has 2 aromatic rings. The van der Waals surface area contributed by atoms with Crippen LogP contribution in [0, 0.1) is 34.5 Å². The Morgan fingerprint density at radius 1 is 1.12 bits per heavy atom. The Morgan fingerprint density at radius 3 is 2.84 bits per heavy atom. The predicted octanol–water partition coefficient (Wildman–Crippen LogP) is 3.30. The molecule has 0 saturated heterocycles. The number of carbonyl (C=O) groups excluding carboxylic acids is 2. The van der Waals surface area contributed by atoms with Gasteiger partial charge in [-0.25, -0.2) is 4.79 Å². The third-order valence-corrected chi connectivity index (χ3v) is 9.47. The zero-order valence-corrected chi connectivity index (χ0v) is 18.7. The van der Waals surface area contributed by atoms with Gasteiger partial charge in [0.25, 0.3) is 0 Å². The minimum atomic E-state index is -0.186. The molecule has 168 valence electrons. The number of para-hydroxylation sites is 1. The van der Waals surface area contributed by atoms with Crippen LogP contribution >= 0.6 is 0 Å². The van der Waals surface area contributed by atoms with Crippen molar-refractivity contribution < 1.29 is 14.4 Å². The maximum Gasteiger partial charge on any atom is 0.338 e. The van der Waals surface area contributed by atoms with Crippen LogP contribution in [0.25, 0.3) is 11.0 Å². The molecule has 0 bridgehead atoms. The predicted molar refractivity (Wildman–Crippen MR) is 118 cm³/mol. The van der Waals surface area contributed by atoms with E-state index in [9.17, 15) is 9.59 Å². The van der Waals surface area contributed by atoms with Crippen LogP contribution < -0.4 is 10.2 Å². The molecule has 3 aliphatic carbocycles. The highest BCUT2D eigenvalue weighted by Crippen LogP contribution is 2.65. The second kappa shape index (κ2) is 6.90. The minimum Gasteiger partial charge on any atom is -0.349 e. The lowest BCUT2D eigenvalue weighted by molar-refractivity contribution is -0.158. The van der Waals surface area contributed by atoms with E-state index in [1.165, 1.54) is 4.85 Å². The molecule has 32 heavy (non-hydrogen) atoms. The van der Waals surface area contributed by atoms with Crippen molar-refractivity contribution in [3.63, 3.8) is 0 Å². The Labute approximate surface area is 187 Å². The number of hydrogen-bond acceptors (Lipinski definition) is 5. The average molecular weight is 435 g/mol. The summed E-state index contributed by atoms with van der Waals surface area (Å²) in [6, 6.07) is 7.74. The summed E-state index contributed by atoms with van der Waals surface area (Å²) in [6.45, 7) is 4.63. The zero-order chi connectivity index (χ0) is 22.1. The Bertz CT molecular complexity index is 1130. The van der Waals surface area contributed by atoms with Crippen molar-refractivity contribution in [3.8, 4) is 0 Å². The van der Waals surface area contributed by atoms with Crippen molar-refractivity contribution in [2.24, 2.45) is 34.5 Å². The number of hydrogen-bond donors (Lipinski definition) is 1. The first-order valence-corrected chi connectivity index (χ1v) is 11.9. The number of rotatable bonds is 2. The highest BCUT2D eigenvalue weighted by atomic mass is 16.7. The molecule has 1 N–H and O–H groups in total. The highest BCUT2D eigenvalue weighted by molar-refractivity contribution is 5.89. The molecule has 0 radical (unpaired) electrons. The van der Waals surface area contributed by atoms with E-state index < -0.39 is 0 Å². The Morgan fingerprint density at radius 2 is 1.97 bits per heavy atom. The van der Waals surface area contributed by atoms with Crippen LogP contribution in [0.3, 0.4) is 0 Å². The molecule has 0 spiro atoms. The van der Waals surface area contributed by atoms with E-state index in [1.54, 1.807) is 6.08 Å². The Balaban J connectivity index is 1.24. The zero-order valence-electron chi connectivity index (χ0n) is 18.7. The molecule has 6 rings (SSSR count). The van der Waals surface area contributed by atoms with E-state index in [1.807, 2.05) is 24.3 Å². The number of carbonyl (C=O) groups is 2. The number of benzene rings is 1. The van der Waals surface area contributed by atoms with Gasteiger partial charge < -0.3 is 10.2 Å². The number of nitrogens with zero attached hydrogens (tertiary/aromatic N) is 3. The summed E-state index contributed by atoms with van der Waals surface area (Å²) < 4.78 is 0. The summed E-state index contributed by atoms with van der Waals surface area (Å²) >= 11 is 0. The molecule has 1 amide bonds. The molecule has 2 heterocycles. The fraction of sp³-hybridized carbons (Fsp3) is 0.600. The van der Waals surface area contributed by atoms with Crippen LogP contribution in [0.1, 0.15) is 52.4 Å². The second-order valence-electron chi connectivity index (χ2n) is 10.8. The first kappa shape index (κ1) is 19.9.